The monoisotopic (exact) mass is 307 g/mol. The van der Waals surface area contributed by atoms with Gasteiger partial charge in [-0.25, -0.2) is 19.0 Å². The average Bonchev–Trinajstić information content (AvgIpc) is 2.45. The molecular weight excluding hydrogens is 286 g/mol. The quantitative estimate of drug-likeness (QED) is 0.850. The molecule has 3 N–H and O–H groups in total. The summed E-state index contributed by atoms with van der Waals surface area (Å²) in [6.45, 7) is 2.99. The van der Waals surface area contributed by atoms with Crippen molar-refractivity contribution in [2.45, 2.75) is 6.92 Å². The summed E-state index contributed by atoms with van der Waals surface area (Å²) in [5.74, 6) is 0. The number of benzene rings is 2. The van der Waals surface area contributed by atoms with Crippen molar-refractivity contribution in [2.24, 2.45) is 5.14 Å². The van der Waals surface area contributed by atoms with Crippen molar-refractivity contribution in [3.8, 4) is 0 Å². The van der Waals surface area contributed by atoms with E-state index in [0.717, 1.165) is 24.2 Å². The van der Waals surface area contributed by atoms with Crippen LogP contribution in [0.1, 0.15) is 6.92 Å². The van der Waals surface area contributed by atoms with Crippen LogP contribution in [0.3, 0.4) is 0 Å². The fourth-order valence-electron chi connectivity index (χ4n) is 1.64. The van der Waals surface area contributed by atoms with Crippen LogP contribution in [0.15, 0.2) is 60.7 Å². The van der Waals surface area contributed by atoms with E-state index >= 15 is 0 Å². The second-order valence-corrected chi connectivity index (χ2v) is 6.01. The van der Waals surface area contributed by atoms with Gasteiger partial charge in [0.15, 0.2) is 0 Å². The lowest BCUT2D eigenvalue weighted by Crippen LogP contribution is -2.33. The Morgan fingerprint density at radius 2 is 1.29 bits per heavy atom. The maximum atomic E-state index is 9.41. The number of para-hydroxylation sites is 2. The highest BCUT2D eigenvalue weighted by Gasteiger charge is 2.05. The standard InChI is InChI=1S/C14H16N2.CH5NO2S/c1-2-15-16(13-9-5-3-6-10-13)14-11-7-4-8-12-14;1-5(2,3)4/h3-12,15H,2H2,1H3;1H3,(H2,2,3,4). The van der Waals surface area contributed by atoms with Crippen molar-refractivity contribution < 1.29 is 8.42 Å². The molecule has 21 heavy (non-hydrogen) atoms. The molecule has 5 nitrogen and oxygen atoms in total. The predicted octanol–water partition coefficient (Wildman–Crippen LogP) is 2.25. The Hall–Kier alpha value is -1.89. The van der Waals surface area contributed by atoms with E-state index in [0.29, 0.717) is 0 Å². The first-order chi connectivity index (χ1) is 9.92. The van der Waals surface area contributed by atoms with Crippen molar-refractivity contribution >= 4 is 21.4 Å². The highest BCUT2D eigenvalue weighted by molar-refractivity contribution is 7.88. The summed E-state index contributed by atoms with van der Waals surface area (Å²) in [7, 11) is -3.17. The van der Waals surface area contributed by atoms with Gasteiger partial charge in [-0.15, -0.1) is 0 Å². The van der Waals surface area contributed by atoms with E-state index in [1.54, 1.807) is 0 Å². The fourth-order valence-corrected chi connectivity index (χ4v) is 1.64. The molecule has 0 aliphatic rings. The number of primary sulfonamides is 1. The number of anilines is 2. The van der Waals surface area contributed by atoms with Crippen molar-refractivity contribution in [2.75, 3.05) is 17.8 Å². The lowest BCUT2D eigenvalue weighted by molar-refractivity contribution is 0.603. The molecule has 0 unspecified atom stereocenters. The highest BCUT2D eigenvalue weighted by atomic mass is 32.2. The average molecular weight is 307 g/mol. The van der Waals surface area contributed by atoms with Gasteiger partial charge in [-0.3, -0.25) is 5.01 Å². The van der Waals surface area contributed by atoms with Crippen LogP contribution in [-0.4, -0.2) is 21.2 Å². The zero-order valence-electron chi connectivity index (χ0n) is 12.2. The molecule has 0 saturated carbocycles. The molecule has 6 heteroatoms. The molecule has 0 aliphatic heterocycles. The first kappa shape index (κ1) is 17.2. The maximum Gasteiger partial charge on any atom is 0.206 e. The summed E-state index contributed by atoms with van der Waals surface area (Å²) in [6, 6.07) is 20.6. The Bertz CT molecular complexity index is 568. The van der Waals surface area contributed by atoms with Crippen molar-refractivity contribution in [1.82, 2.24) is 5.43 Å². The number of hydrogen-bond donors (Lipinski definition) is 2. The van der Waals surface area contributed by atoms with Gasteiger partial charge in [0.2, 0.25) is 10.0 Å². The smallest absolute Gasteiger partial charge is 0.206 e. The lowest BCUT2D eigenvalue weighted by atomic mass is 10.2. The van der Waals surface area contributed by atoms with Crippen LogP contribution < -0.4 is 15.6 Å². The number of hydrazine groups is 1. The van der Waals surface area contributed by atoms with Crippen LogP contribution in [0.25, 0.3) is 0 Å². The zero-order valence-corrected chi connectivity index (χ0v) is 13.0. The van der Waals surface area contributed by atoms with E-state index in [9.17, 15) is 8.42 Å². The molecule has 2 aromatic carbocycles. The number of nitrogens with two attached hydrogens (primary N) is 1. The molecule has 0 radical (unpaired) electrons. The zero-order chi connectivity index (χ0) is 15.7. The first-order valence-electron chi connectivity index (χ1n) is 6.53. The molecule has 0 atom stereocenters. The van der Waals surface area contributed by atoms with Crippen molar-refractivity contribution in [1.29, 1.82) is 0 Å². The van der Waals surface area contributed by atoms with Crippen LogP contribution in [-0.2, 0) is 10.0 Å². The molecule has 0 saturated heterocycles. The van der Waals surface area contributed by atoms with Crippen LogP contribution in [0.2, 0.25) is 0 Å². The second-order valence-electron chi connectivity index (χ2n) is 4.35. The van der Waals surface area contributed by atoms with Crippen LogP contribution in [0.4, 0.5) is 11.4 Å². The van der Waals surface area contributed by atoms with Crippen molar-refractivity contribution in [3.63, 3.8) is 0 Å². The fraction of sp³-hybridized carbons (Fsp3) is 0.200. The van der Waals surface area contributed by atoms with E-state index in [4.69, 9.17) is 0 Å². The molecule has 2 aromatic rings. The van der Waals surface area contributed by atoms with Gasteiger partial charge >= 0.3 is 0 Å². The molecule has 0 aliphatic carbocycles. The number of sulfonamides is 1. The lowest BCUT2D eigenvalue weighted by Gasteiger charge is -2.24. The maximum absolute atomic E-state index is 9.41. The number of rotatable bonds is 4. The molecule has 0 heterocycles. The van der Waals surface area contributed by atoms with Crippen molar-refractivity contribution in [3.05, 3.63) is 60.7 Å². The summed E-state index contributed by atoms with van der Waals surface area (Å²) < 4.78 is 18.8. The second kappa shape index (κ2) is 8.41. The van der Waals surface area contributed by atoms with Gasteiger partial charge in [-0.2, -0.15) is 0 Å². The Morgan fingerprint density at radius 1 is 0.952 bits per heavy atom. The summed E-state index contributed by atoms with van der Waals surface area (Å²) >= 11 is 0. The highest BCUT2D eigenvalue weighted by Crippen LogP contribution is 2.21. The van der Waals surface area contributed by atoms with E-state index in [1.807, 2.05) is 36.4 Å². The van der Waals surface area contributed by atoms with E-state index in [-0.39, 0.29) is 0 Å². The predicted molar refractivity (Wildman–Crippen MR) is 87.7 cm³/mol. The van der Waals surface area contributed by atoms with Gasteiger partial charge in [-0.05, 0) is 24.3 Å². The summed E-state index contributed by atoms with van der Waals surface area (Å²) in [4.78, 5) is 0. The number of nitrogens with one attached hydrogen (secondary N) is 1. The third-order valence-corrected chi connectivity index (χ3v) is 2.35. The van der Waals surface area contributed by atoms with E-state index < -0.39 is 10.0 Å². The molecule has 0 fully saturated rings. The van der Waals surface area contributed by atoms with Gasteiger partial charge in [0.1, 0.15) is 0 Å². The third kappa shape index (κ3) is 7.45. The van der Waals surface area contributed by atoms with Crippen LogP contribution >= 0.6 is 0 Å². The SMILES string of the molecule is CCNN(c1ccccc1)c1ccccc1.CS(N)(=O)=O. The molecule has 114 valence electrons. The third-order valence-electron chi connectivity index (χ3n) is 2.35. The van der Waals surface area contributed by atoms with Gasteiger partial charge in [0.05, 0.1) is 17.6 Å². The molecule has 0 bridgehead atoms. The van der Waals surface area contributed by atoms with Gasteiger partial charge < -0.3 is 0 Å². The number of hydrogen-bond acceptors (Lipinski definition) is 4. The Morgan fingerprint density at radius 3 is 1.57 bits per heavy atom. The Kier molecular flexibility index (Phi) is 6.87. The Balaban J connectivity index is 0.000000383. The van der Waals surface area contributed by atoms with E-state index in [2.05, 4.69) is 46.8 Å². The van der Waals surface area contributed by atoms with Gasteiger partial charge in [0.25, 0.3) is 0 Å². The first-order valence-corrected chi connectivity index (χ1v) is 8.48. The molecule has 0 spiro atoms. The molecule has 2 rings (SSSR count). The summed E-state index contributed by atoms with van der Waals surface area (Å²) in [6.07, 6.45) is 0.938. The van der Waals surface area contributed by atoms with E-state index in [1.165, 1.54) is 0 Å². The minimum Gasteiger partial charge on any atom is -0.277 e. The molecule has 0 amide bonds. The largest absolute Gasteiger partial charge is 0.277 e. The Labute approximate surface area is 126 Å². The normalized spacial score (nSPS) is 10.4. The van der Waals surface area contributed by atoms with Crippen LogP contribution in [0, 0.1) is 0 Å². The molecular formula is C15H21N3O2S. The van der Waals surface area contributed by atoms with Gasteiger partial charge in [0, 0.05) is 6.54 Å². The minimum absolute atomic E-state index is 0.893. The van der Waals surface area contributed by atoms with Crippen LogP contribution in [0.5, 0.6) is 0 Å². The topological polar surface area (TPSA) is 75.4 Å². The van der Waals surface area contributed by atoms with Gasteiger partial charge in [-0.1, -0.05) is 43.3 Å². The molecule has 0 aromatic heterocycles. The number of nitrogens with zero attached hydrogens (tertiary/aromatic N) is 1. The minimum atomic E-state index is -3.17. The summed E-state index contributed by atoms with van der Waals surface area (Å²) in [5, 5.41) is 6.42. The summed E-state index contributed by atoms with van der Waals surface area (Å²) in [5.41, 5.74) is 5.65.